The van der Waals surface area contributed by atoms with Crippen molar-refractivity contribution in [3.05, 3.63) is 89.7 Å². The van der Waals surface area contributed by atoms with Crippen LogP contribution >= 0.6 is 11.8 Å². The average Bonchev–Trinajstić information content (AvgIpc) is 3.53. The first-order chi connectivity index (χ1) is 18.4. The van der Waals surface area contributed by atoms with Crippen LogP contribution in [0.2, 0.25) is 0 Å². The van der Waals surface area contributed by atoms with Gasteiger partial charge in [-0.3, -0.25) is 9.59 Å². The summed E-state index contributed by atoms with van der Waals surface area (Å²) in [5.41, 5.74) is 2.61. The number of benzene rings is 3. The van der Waals surface area contributed by atoms with Crippen LogP contribution in [-0.4, -0.2) is 47.2 Å². The van der Waals surface area contributed by atoms with Crippen molar-refractivity contribution in [2.24, 2.45) is 10.1 Å². The van der Waals surface area contributed by atoms with E-state index in [0.29, 0.717) is 34.3 Å². The Labute approximate surface area is 223 Å². The molecule has 0 unspecified atom stereocenters. The summed E-state index contributed by atoms with van der Waals surface area (Å²) in [5.74, 6) is 0.212. The van der Waals surface area contributed by atoms with Crippen LogP contribution in [0, 0.1) is 5.82 Å². The van der Waals surface area contributed by atoms with E-state index in [0.717, 1.165) is 23.0 Å². The number of ether oxygens (including phenoxy) is 2. The quantitative estimate of drug-likeness (QED) is 0.459. The van der Waals surface area contributed by atoms with Gasteiger partial charge in [0.25, 0.3) is 5.91 Å². The second kappa shape index (κ2) is 11.1. The minimum absolute atomic E-state index is 0.0685. The number of halogens is 1. The van der Waals surface area contributed by atoms with Crippen molar-refractivity contribution in [1.82, 2.24) is 5.01 Å². The summed E-state index contributed by atoms with van der Waals surface area (Å²) in [6.07, 6.45) is 0.350. The Balaban J connectivity index is 1.35. The lowest BCUT2D eigenvalue weighted by atomic mass is 9.98. The predicted molar refractivity (Wildman–Crippen MR) is 145 cm³/mol. The van der Waals surface area contributed by atoms with E-state index in [2.05, 4.69) is 10.3 Å². The maximum absolute atomic E-state index is 14.8. The second-order valence-corrected chi connectivity index (χ2v) is 9.85. The number of aliphatic imine (C=N–C) groups is 1. The molecule has 0 fully saturated rings. The van der Waals surface area contributed by atoms with Crippen LogP contribution in [0.15, 0.2) is 82.9 Å². The molecule has 3 aromatic carbocycles. The van der Waals surface area contributed by atoms with E-state index in [-0.39, 0.29) is 18.1 Å². The number of methoxy groups -OCH3 is 2. The van der Waals surface area contributed by atoms with Crippen LogP contribution in [0.5, 0.6) is 11.5 Å². The van der Waals surface area contributed by atoms with E-state index in [1.54, 1.807) is 61.7 Å². The minimum atomic E-state index is -0.711. The number of anilines is 1. The number of amidine groups is 1. The molecule has 194 valence electrons. The molecule has 5 rings (SSSR count). The molecule has 0 aliphatic carbocycles. The number of hydrazone groups is 1. The third kappa shape index (κ3) is 5.40. The van der Waals surface area contributed by atoms with Gasteiger partial charge in [0.15, 0.2) is 5.17 Å². The van der Waals surface area contributed by atoms with Gasteiger partial charge < -0.3 is 14.8 Å². The predicted octanol–water partition coefficient (Wildman–Crippen LogP) is 5.02. The Kier molecular flexibility index (Phi) is 7.41. The molecule has 8 nitrogen and oxygen atoms in total. The van der Waals surface area contributed by atoms with E-state index in [9.17, 15) is 14.0 Å². The normalized spacial score (nSPS) is 18.7. The lowest BCUT2D eigenvalue weighted by Gasteiger charge is -2.23. The zero-order valence-corrected chi connectivity index (χ0v) is 21.6. The van der Waals surface area contributed by atoms with Gasteiger partial charge in [0.1, 0.15) is 22.6 Å². The fourth-order valence-electron chi connectivity index (χ4n) is 4.32. The molecule has 10 heteroatoms. The standard InChI is InChI=1S/C28H25FN4O4S/c1-36-19-12-10-17(11-13-19)23-15-24(21-8-3-4-9-22(21)29)33(32-23)28-31-27(35)25(38-28)16-26(34)30-18-6-5-7-20(14-18)37-2/h3-14,24-25H,15-16H2,1-2H3,(H,30,34)/t24-,25+/m1/s1. The summed E-state index contributed by atoms with van der Waals surface area (Å²) >= 11 is 1.16. The number of carbonyl (C=O) groups is 2. The summed E-state index contributed by atoms with van der Waals surface area (Å²) < 4.78 is 25.3. The van der Waals surface area contributed by atoms with Crippen molar-refractivity contribution in [2.45, 2.75) is 24.1 Å². The molecule has 2 atom stereocenters. The first-order valence-corrected chi connectivity index (χ1v) is 12.8. The van der Waals surface area contributed by atoms with Gasteiger partial charge in [-0.25, -0.2) is 9.40 Å². The number of nitrogens with one attached hydrogen (secondary N) is 1. The number of rotatable bonds is 7. The first-order valence-electron chi connectivity index (χ1n) is 11.9. The fraction of sp³-hybridized carbons (Fsp3) is 0.214. The molecule has 0 bridgehead atoms. The first kappa shape index (κ1) is 25.5. The summed E-state index contributed by atoms with van der Waals surface area (Å²) in [6.45, 7) is 0. The molecule has 2 aliphatic heterocycles. The summed E-state index contributed by atoms with van der Waals surface area (Å²) in [6, 6.07) is 20.4. The third-order valence-corrected chi connectivity index (χ3v) is 7.39. The van der Waals surface area contributed by atoms with Crippen LogP contribution in [0.3, 0.4) is 0 Å². The SMILES string of the molecule is COc1ccc(C2=NN(C3=NC(=O)[C@H](CC(=O)Nc4cccc(OC)c4)S3)[C@@H](c3ccccc3F)C2)cc1. The Morgan fingerprint density at radius 2 is 1.82 bits per heavy atom. The summed E-state index contributed by atoms with van der Waals surface area (Å²) in [4.78, 5) is 29.7. The zero-order chi connectivity index (χ0) is 26.6. The fourth-order valence-corrected chi connectivity index (χ4v) is 5.38. The summed E-state index contributed by atoms with van der Waals surface area (Å²) in [5, 5.41) is 8.77. The Morgan fingerprint density at radius 3 is 2.55 bits per heavy atom. The molecule has 2 aliphatic rings. The highest BCUT2D eigenvalue weighted by Crippen LogP contribution is 2.39. The Hall–Kier alpha value is -4.18. The van der Waals surface area contributed by atoms with E-state index in [4.69, 9.17) is 14.6 Å². The lowest BCUT2D eigenvalue weighted by Crippen LogP contribution is -2.25. The molecule has 3 aromatic rings. The van der Waals surface area contributed by atoms with Crippen LogP contribution in [0.1, 0.15) is 30.0 Å². The molecule has 0 saturated heterocycles. The second-order valence-electron chi connectivity index (χ2n) is 8.68. The maximum Gasteiger partial charge on any atom is 0.262 e. The van der Waals surface area contributed by atoms with Gasteiger partial charge in [-0.1, -0.05) is 36.0 Å². The van der Waals surface area contributed by atoms with E-state index < -0.39 is 17.2 Å². The molecule has 0 spiro atoms. The van der Waals surface area contributed by atoms with Gasteiger partial charge in [0, 0.05) is 30.2 Å². The van der Waals surface area contributed by atoms with Gasteiger partial charge in [-0.05, 0) is 48.0 Å². The summed E-state index contributed by atoms with van der Waals surface area (Å²) in [7, 11) is 3.14. The van der Waals surface area contributed by atoms with Crippen LogP contribution in [-0.2, 0) is 9.59 Å². The number of hydrogen-bond acceptors (Lipinski definition) is 7. The van der Waals surface area contributed by atoms with Crippen LogP contribution < -0.4 is 14.8 Å². The van der Waals surface area contributed by atoms with E-state index in [1.165, 1.54) is 6.07 Å². The van der Waals surface area contributed by atoms with E-state index >= 15 is 0 Å². The van der Waals surface area contributed by atoms with Crippen molar-refractivity contribution < 1.29 is 23.5 Å². The number of hydrogen-bond donors (Lipinski definition) is 1. The smallest absolute Gasteiger partial charge is 0.262 e. The monoisotopic (exact) mass is 532 g/mol. The number of carbonyl (C=O) groups excluding carboxylic acids is 2. The van der Waals surface area contributed by atoms with Crippen molar-refractivity contribution >= 4 is 40.1 Å². The van der Waals surface area contributed by atoms with E-state index in [1.807, 2.05) is 24.3 Å². The van der Waals surface area contributed by atoms with Crippen LogP contribution in [0.25, 0.3) is 0 Å². The lowest BCUT2D eigenvalue weighted by molar-refractivity contribution is -0.121. The van der Waals surface area contributed by atoms with Gasteiger partial charge >= 0.3 is 0 Å². The Morgan fingerprint density at radius 1 is 1.05 bits per heavy atom. The van der Waals surface area contributed by atoms with Crippen molar-refractivity contribution in [1.29, 1.82) is 0 Å². The van der Waals surface area contributed by atoms with Crippen LogP contribution in [0.4, 0.5) is 10.1 Å². The maximum atomic E-state index is 14.8. The molecular weight excluding hydrogens is 507 g/mol. The zero-order valence-electron chi connectivity index (χ0n) is 20.8. The molecule has 0 saturated carbocycles. The number of thioether (sulfide) groups is 1. The molecule has 1 N–H and O–H groups in total. The van der Waals surface area contributed by atoms with Gasteiger partial charge in [0.05, 0.1) is 26.0 Å². The molecule has 2 amide bonds. The van der Waals surface area contributed by atoms with Crippen molar-refractivity contribution in [3.63, 3.8) is 0 Å². The topological polar surface area (TPSA) is 92.6 Å². The molecule has 2 heterocycles. The third-order valence-electron chi connectivity index (χ3n) is 6.25. The molecule has 0 aromatic heterocycles. The minimum Gasteiger partial charge on any atom is -0.497 e. The van der Waals surface area contributed by atoms with Crippen molar-refractivity contribution in [2.75, 3.05) is 19.5 Å². The van der Waals surface area contributed by atoms with Crippen molar-refractivity contribution in [3.8, 4) is 11.5 Å². The highest BCUT2D eigenvalue weighted by Gasteiger charge is 2.39. The molecule has 0 radical (unpaired) electrons. The molecular formula is C28H25FN4O4S. The highest BCUT2D eigenvalue weighted by molar-refractivity contribution is 8.15. The number of nitrogens with zero attached hydrogens (tertiary/aromatic N) is 3. The molecule has 38 heavy (non-hydrogen) atoms. The average molecular weight is 533 g/mol. The largest absolute Gasteiger partial charge is 0.497 e. The highest BCUT2D eigenvalue weighted by atomic mass is 32.2. The Bertz CT molecular complexity index is 1430. The van der Waals surface area contributed by atoms with Gasteiger partial charge in [-0.15, -0.1) is 0 Å². The van der Waals surface area contributed by atoms with Gasteiger partial charge in [-0.2, -0.15) is 10.1 Å². The van der Waals surface area contributed by atoms with Gasteiger partial charge in [0.2, 0.25) is 5.91 Å². The number of amides is 2.